The van der Waals surface area contributed by atoms with Crippen LogP contribution in [0, 0.1) is 5.82 Å². The first kappa shape index (κ1) is 31.8. The highest BCUT2D eigenvalue weighted by Gasteiger charge is 2.18. The molecule has 3 N–H and O–H groups in total. The molecule has 4 aromatic carbocycles. The highest BCUT2D eigenvalue weighted by molar-refractivity contribution is 9.10. The standard InChI is InChI=1S/C34H26BrFN4O3S2/c1-21(31(41)40-34-39-30(20-44-34)23-10-12-26(36)13-11-23)45-28-16-14-27(15-17-28)37-33(43)29(19-22-6-5-9-25(35)18-22)38-32(42)24-7-3-2-4-8-24/h2-21H,1H3,(H,37,43)(H,38,42)(H,39,40,41)/b29-19-. The zero-order valence-electron chi connectivity index (χ0n) is 23.8. The number of aromatic nitrogens is 1. The van der Waals surface area contributed by atoms with Gasteiger partial charge in [-0.15, -0.1) is 23.1 Å². The fraction of sp³-hybridized carbons (Fsp3) is 0.0588. The lowest BCUT2D eigenvalue weighted by Gasteiger charge is -2.13. The number of anilines is 2. The van der Waals surface area contributed by atoms with Crippen molar-refractivity contribution in [2.24, 2.45) is 0 Å². The Morgan fingerprint density at radius 1 is 0.911 bits per heavy atom. The molecule has 0 aliphatic heterocycles. The van der Waals surface area contributed by atoms with Gasteiger partial charge in [-0.1, -0.05) is 46.3 Å². The molecule has 1 aromatic heterocycles. The molecule has 226 valence electrons. The molecular formula is C34H26BrFN4O3S2. The Labute approximate surface area is 276 Å². The van der Waals surface area contributed by atoms with Gasteiger partial charge in [-0.3, -0.25) is 14.4 Å². The SMILES string of the molecule is CC(Sc1ccc(NC(=O)/C(=C/c2cccc(Br)c2)NC(=O)c2ccccc2)cc1)C(=O)Nc1nc(-c2ccc(F)cc2)cs1. The quantitative estimate of drug-likeness (QED) is 0.101. The van der Waals surface area contributed by atoms with Crippen molar-refractivity contribution in [1.82, 2.24) is 10.3 Å². The normalized spacial score (nSPS) is 11.8. The van der Waals surface area contributed by atoms with Crippen molar-refractivity contribution >= 4 is 73.6 Å². The van der Waals surface area contributed by atoms with E-state index < -0.39 is 17.1 Å². The van der Waals surface area contributed by atoms with Crippen molar-refractivity contribution in [3.63, 3.8) is 0 Å². The van der Waals surface area contributed by atoms with Gasteiger partial charge in [-0.25, -0.2) is 9.37 Å². The lowest BCUT2D eigenvalue weighted by Crippen LogP contribution is -2.30. The number of rotatable bonds is 10. The third-order valence-corrected chi connectivity index (χ3v) is 8.72. The molecule has 7 nitrogen and oxygen atoms in total. The number of thioether (sulfide) groups is 1. The van der Waals surface area contributed by atoms with Crippen LogP contribution in [0.15, 0.2) is 124 Å². The fourth-order valence-electron chi connectivity index (χ4n) is 4.07. The molecule has 1 heterocycles. The van der Waals surface area contributed by atoms with Gasteiger partial charge in [0.1, 0.15) is 11.5 Å². The van der Waals surface area contributed by atoms with Crippen LogP contribution in [0.5, 0.6) is 0 Å². The van der Waals surface area contributed by atoms with Crippen LogP contribution < -0.4 is 16.0 Å². The molecule has 1 atom stereocenters. The first-order valence-corrected chi connectivity index (χ1v) is 16.2. The van der Waals surface area contributed by atoms with Crippen LogP contribution in [-0.2, 0) is 9.59 Å². The number of amides is 3. The summed E-state index contributed by atoms with van der Waals surface area (Å²) in [4.78, 5) is 44.3. The minimum Gasteiger partial charge on any atom is -0.321 e. The molecule has 5 rings (SSSR count). The van der Waals surface area contributed by atoms with E-state index in [0.717, 1.165) is 20.5 Å². The van der Waals surface area contributed by atoms with Crippen molar-refractivity contribution in [3.8, 4) is 11.3 Å². The molecule has 45 heavy (non-hydrogen) atoms. The Morgan fingerprint density at radius 3 is 2.36 bits per heavy atom. The summed E-state index contributed by atoms with van der Waals surface area (Å²) >= 11 is 6.08. The predicted molar refractivity (Wildman–Crippen MR) is 183 cm³/mol. The van der Waals surface area contributed by atoms with Crippen LogP contribution in [0.2, 0.25) is 0 Å². The average Bonchev–Trinajstić information content (AvgIpc) is 3.50. The van der Waals surface area contributed by atoms with Crippen molar-refractivity contribution in [2.75, 3.05) is 10.6 Å². The molecule has 0 fully saturated rings. The molecule has 1 unspecified atom stereocenters. The van der Waals surface area contributed by atoms with Gasteiger partial charge in [0.15, 0.2) is 5.13 Å². The predicted octanol–water partition coefficient (Wildman–Crippen LogP) is 8.24. The topological polar surface area (TPSA) is 100 Å². The summed E-state index contributed by atoms with van der Waals surface area (Å²) < 4.78 is 14.1. The average molecular weight is 702 g/mol. The first-order valence-electron chi connectivity index (χ1n) is 13.7. The highest BCUT2D eigenvalue weighted by Crippen LogP contribution is 2.28. The van der Waals surface area contributed by atoms with E-state index in [1.807, 2.05) is 30.3 Å². The van der Waals surface area contributed by atoms with Crippen LogP contribution in [0.1, 0.15) is 22.8 Å². The van der Waals surface area contributed by atoms with E-state index in [-0.39, 0.29) is 17.4 Å². The number of carbonyl (C=O) groups excluding carboxylic acids is 3. The van der Waals surface area contributed by atoms with Crippen LogP contribution in [-0.4, -0.2) is 28.0 Å². The first-order chi connectivity index (χ1) is 21.7. The lowest BCUT2D eigenvalue weighted by atomic mass is 10.1. The van der Waals surface area contributed by atoms with E-state index in [0.29, 0.717) is 22.1 Å². The number of benzene rings is 4. The number of hydrogen-bond donors (Lipinski definition) is 3. The summed E-state index contributed by atoms with van der Waals surface area (Å²) in [5.74, 6) is -1.44. The van der Waals surface area contributed by atoms with E-state index >= 15 is 0 Å². The summed E-state index contributed by atoms with van der Waals surface area (Å²) in [5.41, 5.74) is 3.17. The zero-order chi connectivity index (χ0) is 31.8. The van der Waals surface area contributed by atoms with Crippen molar-refractivity contribution < 1.29 is 18.8 Å². The van der Waals surface area contributed by atoms with Crippen molar-refractivity contribution in [2.45, 2.75) is 17.1 Å². The zero-order valence-corrected chi connectivity index (χ0v) is 27.0. The van der Waals surface area contributed by atoms with E-state index in [1.54, 1.807) is 79.0 Å². The van der Waals surface area contributed by atoms with Gasteiger partial charge >= 0.3 is 0 Å². The minimum atomic E-state index is -0.490. The Balaban J connectivity index is 1.21. The van der Waals surface area contributed by atoms with Crippen LogP contribution >= 0.6 is 39.0 Å². The number of carbonyl (C=O) groups is 3. The maximum absolute atomic E-state index is 13.3. The maximum Gasteiger partial charge on any atom is 0.272 e. The molecule has 3 amide bonds. The second-order valence-electron chi connectivity index (χ2n) is 9.71. The highest BCUT2D eigenvalue weighted by atomic mass is 79.9. The molecule has 0 spiro atoms. The van der Waals surface area contributed by atoms with E-state index in [4.69, 9.17) is 0 Å². The molecule has 0 bridgehead atoms. The Kier molecular flexibility index (Phi) is 10.6. The van der Waals surface area contributed by atoms with Gasteiger partial charge in [0.2, 0.25) is 5.91 Å². The van der Waals surface area contributed by atoms with Crippen LogP contribution in [0.3, 0.4) is 0 Å². The second kappa shape index (κ2) is 14.9. The minimum absolute atomic E-state index is 0.0791. The Hall–Kier alpha value is -4.58. The molecule has 0 aliphatic rings. The molecule has 5 aromatic rings. The van der Waals surface area contributed by atoms with Crippen LogP contribution in [0.4, 0.5) is 15.2 Å². The largest absolute Gasteiger partial charge is 0.321 e. The van der Waals surface area contributed by atoms with Gasteiger partial charge in [0.25, 0.3) is 11.8 Å². The smallest absolute Gasteiger partial charge is 0.272 e. The third-order valence-electron chi connectivity index (χ3n) is 6.36. The van der Waals surface area contributed by atoms with Gasteiger partial charge in [0, 0.05) is 31.6 Å². The summed E-state index contributed by atoms with van der Waals surface area (Å²) in [6.45, 7) is 1.79. The monoisotopic (exact) mass is 700 g/mol. The molecule has 0 saturated heterocycles. The van der Waals surface area contributed by atoms with Gasteiger partial charge in [-0.05, 0) is 91.4 Å². The molecule has 0 aliphatic carbocycles. The lowest BCUT2D eigenvalue weighted by molar-refractivity contribution is -0.115. The molecular weight excluding hydrogens is 675 g/mol. The number of nitrogens with zero attached hydrogens (tertiary/aromatic N) is 1. The summed E-state index contributed by atoms with van der Waals surface area (Å²) in [6.07, 6.45) is 1.61. The number of nitrogens with one attached hydrogen (secondary N) is 3. The van der Waals surface area contributed by atoms with Crippen LogP contribution in [0.25, 0.3) is 17.3 Å². The second-order valence-corrected chi connectivity index (χ2v) is 12.9. The van der Waals surface area contributed by atoms with Crippen molar-refractivity contribution in [1.29, 1.82) is 0 Å². The fourth-order valence-corrected chi connectivity index (χ4v) is 6.08. The van der Waals surface area contributed by atoms with Gasteiger partial charge in [-0.2, -0.15) is 0 Å². The summed E-state index contributed by atoms with van der Waals surface area (Å²) in [6, 6.07) is 29.1. The Bertz CT molecular complexity index is 1850. The van der Waals surface area contributed by atoms with E-state index in [9.17, 15) is 18.8 Å². The number of halogens is 2. The maximum atomic E-state index is 13.3. The molecule has 0 saturated carbocycles. The molecule has 11 heteroatoms. The summed E-state index contributed by atoms with van der Waals surface area (Å²) in [5, 5.41) is 10.2. The number of thiazole rings is 1. The van der Waals surface area contributed by atoms with Gasteiger partial charge < -0.3 is 16.0 Å². The van der Waals surface area contributed by atoms with Gasteiger partial charge in [0.05, 0.1) is 10.9 Å². The van der Waals surface area contributed by atoms with E-state index in [2.05, 4.69) is 36.9 Å². The number of hydrogen-bond acceptors (Lipinski definition) is 6. The summed E-state index contributed by atoms with van der Waals surface area (Å²) in [7, 11) is 0. The van der Waals surface area contributed by atoms with E-state index in [1.165, 1.54) is 35.2 Å². The molecule has 0 radical (unpaired) electrons. The van der Waals surface area contributed by atoms with Crippen molar-refractivity contribution in [3.05, 3.63) is 136 Å². The third kappa shape index (κ3) is 8.98. The Morgan fingerprint density at radius 2 is 1.64 bits per heavy atom.